The van der Waals surface area contributed by atoms with Gasteiger partial charge in [0.25, 0.3) is 0 Å². The number of rotatable bonds is 5. The number of benzene rings is 1. The first-order valence-corrected chi connectivity index (χ1v) is 8.72. The van der Waals surface area contributed by atoms with E-state index in [2.05, 4.69) is 83.1 Å². The maximum absolute atomic E-state index is 6.01. The first kappa shape index (κ1) is 16.3. The zero-order chi connectivity index (χ0) is 14.9. The fraction of sp³-hybridized carbons (Fsp3) is 0.625. The molecule has 0 aromatic heterocycles. The number of halogens is 2. The lowest BCUT2D eigenvalue weighted by atomic mass is 9.64. The molecule has 112 valence electrons. The van der Waals surface area contributed by atoms with Crippen LogP contribution in [0.25, 0.3) is 0 Å². The minimum Gasteiger partial charge on any atom is -0.381 e. The Balaban J connectivity index is 1.95. The Morgan fingerprint density at radius 2 is 2.05 bits per heavy atom. The van der Waals surface area contributed by atoms with Crippen LogP contribution in [0.3, 0.4) is 0 Å². The van der Waals surface area contributed by atoms with Crippen LogP contribution in [0.4, 0.5) is 5.69 Å². The Morgan fingerprint density at radius 1 is 1.35 bits per heavy atom. The molecule has 0 radical (unpaired) electrons. The van der Waals surface area contributed by atoms with Crippen LogP contribution in [-0.4, -0.2) is 18.8 Å². The summed E-state index contributed by atoms with van der Waals surface area (Å²) in [7, 11) is 0. The largest absolute Gasteiger partial charge is 0.381 e. The molecule has 1 aliphatic rings. The first-order valence-electron chi connectivity index (χ1n) is 7.14. The number of nitrogens with one attached hydrogen (secondary N) is 1. The Bertz CT molecular complexity index is 474. The van der Waals surface area contributed by atoms with Gasteiger partial charge in [-0.05, 0) is 46.5 Å². The smallest absolute Gasteiger partial charge is 0.0665 e. The fourth-order valence-electron chi connectivity index (χ4n) is 2.52. The molecule has 0 saturated heterocycles. The van der Waals surface area contributed by atoms with Gasteiger partial charge in [0.1, 0.15) is 0 Å². The number of anilines is 1. The predicted molar refractivity (Wildman–Crippen MR) is 92.2 cm³/mol. The summed E-state index contributed by atoms with van der Waals surface area (Å²) in [5.41, 5.74) is 1.31. The normalized spacial score (nSPS) is 24.6. The molecule has 1 saturated carbocycles. The molecule has 0 amide bonds. The van der Waals surface area contributed by atoms with Crippen molar-refractivity contribution in [3.8, 4) is 0 Å². The zero-order valence-electron chi connectivity index (χ0n) is 12.5. The summed E-state index contributed by atoms with van der Waals surface area (Å²) in [4.78, 5) is 0. The van der Waals surface area contributed by atoms with E-state index in [9.17, 15) is 0 Å². The molecule has 1 fully saturated rings. The maximum Gasteiger partial charge on any atom is 0.0665 e. The molecule has 1 aliphatic carbocycles. The predicted octanol–water partition coefficient (Wildman–Crippen LogP) is 5.46. The zero-order valence-corrected chi connectivity index (χ0v) is 15.7. The van der Waals surface area contributed by atoms with E-state index in [4.69, 9.17) is 4.74 Å². The molecular formula is C16H23Br2NO. The van der Waals surface area contributed by atoms with E-state index in [0.29, 0.717) is 18.1 Å². The third-order valence-corrected chi connectivity index (χ3v) is 5.22. The average molecular weight is 405 g/mol. The van der Waals surface area contributed by atoms with E-state index < -0.39 is 0 Å². The summed E-state index contributed by atoms with van der Waals surface area (Å²) in [5.74, 6) is 0.596. The van der Waals surface area contributed by atoms with Crippen molar-refractivity contribution in [3.05, 3.63) is 27.1 Å². The van der Waals surface area contributed by atoms with Crippen LogP contribution in [0, 0.1) is 11.3 Å². The molecule has 0 spiro atoms. The SMILES string of the molecule is CC(C)COC1CC(Nc2ccc(Br)cc2Br)C1(C)C. The first-order chi connectivity index (χ1) is 9.30. The van der Waals surface area contributed by atoms with Crippen molar-refractivity contribution >= 4 is 37.5 Å². The molecule has 2 atom stereocenters. The van der Waals surface area contributed by atoms with Gasteiger partial charge in [-0.2, -0.15) is 0 Å². The fourth-order valence-corrected chi connectivity index (χ4v) is 3.68. The summed E-state index contributed by atoms with van der Waals surface area (Å²) in [6, 6.07) is 6.69. The Kier molecular flexibility index (Phi) is 5.19. The number of hydrogen-bond donors (Lipinski definition) is 1. The molecule has 0 heterocycles. The minimum atomic E-state index is 0.168. The van der Waals surface area contributed by atoms with E-state index in [1.165, 1.54) is 0 Å². The van der Waals surface area contributed by atoms with Crippen molar-refractivity contribution < 1.29 is 4.74 Å². The highest BCUT2D eigenvalue weighted by Gasteiger charge is 2.49. The van der Waals surface area contributed by atoms with Gasteiger partial charge in [0, 0.05) is 32.7 Å². The molecule has 2 unspecified atom stereocenters. The van der Waals surface area contributed by atoms with Crippen LogP contribution in [-0.2, 0) is 4.74 Å². The second-order valence-corrected chi connectivity index (χ2v) is 8.36. The molecule has 20 heavy (non-hydrogen) atoms. The van der Waals surface area contributed by atoms with E-state index in [0.717, 1.165) is 27.7 Å². The van der Waals surface area contributed by atoms with Gasteiger partial charge >= 0.3 is 0 Å². The van der Waals surface area contributed by atoms with Crippen LogP contribution in [0.15, 0.2) is 27.1 Å². The molecular weight excluding hydrogens is 382 g/mol. The van der Waals surface area contributed by atoms with E-state index >= 15 is 0 Å². The standard InChI is InChI=1S/C16H23Br2NO/c1-10(2)9-20-15-8-14(16(15,3)4)19-13-6-5-11(17)7-12(13)18/h5-7,10,14-15,19H,8-9H2,1-4H3. The van der Waals surface area contributed by atoms with Crippen LogP contribution in [0.2, 0.25) is 0 Å². The van der Waals surface area contributed by atoms with Gasteiger partial charge in [0.2, 0.25) is 0 Å². The number of hydrogen-bond acceptors (Lipinski definition) is 2. The third-order valence-electron chi connectivity index (χ3n) is 4.07. The molecule has 2 nitrogen and oxygen atoms in total. The van der Waals surface area contributed by atoms with Crippen molar-refractivity contribution in [1.29, 1.82) is 0 Å². The molecule has 4 heteroatoms. The highest BCUT2D eigenvalue weighted by Crippen LogP contribution is 2.45. The Hall–Kier alpha value is -0.0600. The van der Waals surface area contributed by atoms with Gasteiger partial charge < -0.3 is 10.1 Å². The van der Waals surface area contributed by atoms with Gasteiger partial charge in [0.15, 0.2) is 0 Å². The van der Waals surface area contributed by atoms with Crippen LogP contribution in [0.5, 0.6) is 0 Å². The number of ether oxygens (including phenoxy) is 1. The molecule has 1 N–H and O–H groups in total. The van der Waals surface area contributed by atoms with Crippen LogP contribution < -0.4 is 5.32 Å². The lowest BCUT2D eigenvalue weighted by Gasteiger charge is -2.52. The topological polar surface area (TPSA) is 21.3 Å². The molecule has 1 aromatic carbocycles. The van der Waals surface area contributed by atoms with Crippen LogP contribution >= 0.6 is 31.9 Å². The van der Waals surface area contributed by atoms with Crippen molar-refractivity contribution in [2.24, 2.45) is 11.3 Å². The van der Waals surface area contributed by atoms with Gasteiger partial charge in [-0.1, -0.05) is 43.6 Å². The Morgan fingerprint density at radius 3 is 2.60 bits per heavy atom. The summed E-state index contributed by atoms with van der Waals surface area (Å²) >= 11 is 7.09. The van der Waals surface area contributed by atoms with E-state index in [1.54, 1.807) is 0 Å². The third kappa shape index (κ3) is 3.58. The van der Waals surface area contributed by atoms with Gasteiger partial charge in [-0.3, -0.25) is 0 Å². The second kappa shape index (κ2) is 6.37. The summed E-state index contributed by atoms with van der Waals surface area (Å²) in [6.45, 7) is 9.81. The maximum atomic E-state index is 6.01. The minimum absolute atomic E-state index is 0.168. The summed E-state index contributed by atoms with van der Waals surface area (Å²) < 4.78 is 8.19. The van der Waals surface area contributed by atoms with Gasteiger partial charge in [-0.25, -0.2) is 0 Å². The molecule has 2 rings (SSSR count). The van der Waals surface area contributed by atoms with E-state index in [-0.39, 0.29) is 5.41 Å². The second-order valence-electron chi connectivity index (χ2n) is 6.59. The van der Waals surface area contributed by atoms with E-state index in [1.807, 2.05) is 0 Å². The van der Waals surface area contributed by atoms with Crippen molar-refractivity contribution in [2.75, 3.05) is 11.9 Å². The van der Waals surface area contributed by atoms with Gasteiger partial charge in [0.05, 0.1) is 6.10 Å². The quantitative estimate of drug-likeness (QED) is 0.702. The Labute approximate surface area is 138 Å². The van der Waals surface area contributed by atoms with Gasteiger partial charge in [-0.15, -0.1) is 0 Å². The molecule has 1 aromatic rings. The highest BCUT2D eigenvalue weighted by atomic mass is 79.9. The summed E-state index contributed by atoms with van der Waals surface area (Å²) in [5, 5.41) is 3.63. The molecule has 0 aliphatic heterocycles. The summed E-state index contributed by atoms with van der Waals surface area (Å²) in [6.07, 6.45) is 1.43. The lowest BCUT2D eigenvalue weighted by Crippen LogP contribution is -2.58. The lowest BCUT2D eigenvalue weighted by molar-refractivity contribution is -0.108. The average Bonchev–Trinajstić information content (AvgIpc) is 2.34. The highest BCUT2D eigenvalue weighted by molar-refractivity contribution is 9.11. The molecule has 0 bridgehead atoms. The monoisotopic (exact) mass is 403 g/mol. The van der Waals surface area contributed by atoms with Crippen LogP contribution in [0.1, 0.15) is 34.1 Å². The van der Waals surface area contributed by atoms with Crippen molar-refractivity contribution in [1.82, 2.24) is 0 Å². The van der Waals surface area contributed by atoms with Crippen molar-refractivity contribution in [3.63, 3.8) is 0 Å². The van der Waals surface area contributed by atoms with Crippen molar-refractivity contribution in [2.45, 2.75) is 46.3 Å².